The van der Waals surface area contributed by atoms with Gasteiger partial charge in [-0.3, -0.25) is 0 Å². The predicted octanol–water partition coefficient (Wildman–Crippen LogP) is 2.24. The topological polar surface area (TPSA) is 60.2 Å². The van der Waals surface area contributed by atoms with Gasteiger partial charge >= 0.3 is 0 Å². The van der Waals surface area contributed by atoms with Crippen molar-refractivity contribution in [2.24, 2.45) is 11.1 Å². The van der Waals surface area contributed by atoms with Gasteiger partial charge in [-0.05, 0) is 49.4 Å². The molecule has 1 fully saturated rings. The van der Waals surface area contributed by atoms with Gasteiger partial charge in [-0.15, -0.1) is 0 Å². The molecule has 2 rings (SSSR count). The minimum atomic E-state index is -3.24. The zero-order chi connectivity index (χ0) is 12.5. The van der Waals surface area contributed by atoms with E-state index in [2.05, 4.69) is 0 Å². The summed E-state index contributed by atoms with van der Waals surface area (Å²) >= 11 is 5.81. The fourth-order valence-corrected chi connectivity index (χ4v) is 4.35. The molecular formula is C12H16ClNO2S. The molecule has 1 aliphatic carbocycles. The molecule has 1 aliphatic rings. The van der Waals surface area contributed by atoms with Crippen LogP contribution in [0, 0.1) is 5.41 Å². The normalized spacial score (nSPS) is 18.0. The van der Waals surface area contributed by atoms with Crippen LogP contribution in [0.3, 0.4) is 0 Å². The van der Waals surface area contributed by atoms with Crippen molar-refractivity contribution in [3.63, 3.8) is 0 Å². The first-order chi connectivity index (χ1) is 7.97. The first kappa shape index (κ1) is 12.9. The minimum absolute atomic E-state index is 0.0735. The number of sulfone groups is 1. The van der Waals surface area contributed by atoms with Gasteiger partial charge in [0.1, 0.15) is 0 Å². The molecule has 0 heterocycles. The first-order valence-electron chi connectivity index (χ1n) is 5.66. The number of hydrogen-bond acceptors (Lipinski definition) is 3. The van der Waals surface area contributed by atoms with Gasteiger partial charge in [0.05, 0.1) is 10.6 Å². The van der Waals surface area contributed by atoms with Crippen LogP contribution in [0.2, 0.25) is 5.02 Å². The van der Waals surface area contributed by atoms with Gasteiger partial charge in [0.15, 0.2) is 9.84 Å². The Morgan fingerprint density at radius 2 is 2.06 bits per heavy atom. The van der Waals surface area contributed by atoms with Crippen molar-refractivity contribution < 1.29 is 8.42 Å². The molecule has 1 aromatic rings. The second-order valence-corrected chi connectivity index (χ2v) is 7.18. The number of nitrogens with two attached hydrogens (primary N) is 1. The smallest absolute Gasteiger partial charge is 0.178 e. The maximum atomic E-state index is 12.2. The van der Waals surface area contributed by atoms with E-state index >= 15 is 0 Å². The number of halogens is 1. The van der Waals surface area contributed by atoms with E-state index in [4.69, 9.17) is 17.3 Å². The van der Waals surface area contributed by atoms with E-state index in [0.717, 1.165) is 19.3 Å². The van der Waals surface area contributed by atoms with E-state index in [1.165, 1.54) is 6.07 Å². The third-order valence-corrected chi connectivity index (χ3v) is 5.48. The standard InChI is InChI=1S/C12H16ClNO2S/c13-10-2-1-3-11(8-10)17(15,16)9-12(4-5-12)6-7-14/h1-3,8H,4-7,9,14H2. The van der Waals surface area contributed by atoms with Crippen molar-refractivity contribution >= 4 is 21.4 Å². The summed E-state index contributed by atoms with van der Waals surface area (Å²) in [6, 6.07) is 6.44. The van der Waals surface area contributed by atoms with Crippen molar-refractivity contribution in [2.75, 3.05) is 12.3 Å². The molecular weight excluding hydrogens is 258 g/mol. The van der Waals surface area contributed by atoms with Crippen molar-refractivity contribution in [2.45, 2.75) is 24.2 Å². The Balaban J connectivity index is 2.20. The van der Waals surface area contributed by atoms with Crippen LogP contribution in [0.25, 0.3) is 0 Å². The van der Waals surface area contributed by atoms with Gasteiger partial charge in [0.25, 0.3) is 0 Å². The molecule has 0 bridgehead atoms. The summed E-state index contributed by atoms with van der Waals surface area (Å²) in [7, 11) is -3.24. The molecule has 0 radical (unpaired) electrons. The maximum absolute atomic E-state index is 12.2. The Bertz CT molecular complexity index is 509. The highest BCUT2D eigenvalue weighted by Crippen LogP contribution is 2.50. The van der Waals surface area contributed by atoms with Crippen LogP contribution >= 0.6 is 11.6 Å². The lowest BCUT2D eigenvalue weighted by atomic mass is 10.1. The van der Waals surface area contributed by atoms with Crippen LogP contribution in [0.5, 0.6) is 0 Å². The van der Waals surface area contributed by atoms with Gasteiger partial charge in [-0.1, -0.05) is 17.7 Å². The Labute approximate surface area is 107 Å². The zero-order valence-electron chi connectivity index (χ0n) is 9.52. The van der Waals surface area contributed by atoms with E-state index in [-0.39, 0.29) is 11.2 Å². The summed E-state index contributed by atoms with van der Waals surface area (Å²) in [6.45, 7) is 0.547. The van der Waals surface area contributed by atoms with Crippen LogP contribution in [-0.2, 0) is 9.84 Å². The lowest BCUT2D eigenvalue weighted by Gasteiger charge is -2.14. The Morgan fingerprint density at radius 1 is 1.35 bits per heavy atom. The molecule has 2 N–H and O–H groups in total. The summed E-state index contributed by atoms with van der Waals surface area (Å²) in [4.78, 5) is 0.313. The second-order valence-electron chi connectivity index (χ2n) is 4.76. The average molecular weight is 274 g/mol. The Hall–Kier alpha value is -0.580. The second kappa shape index (κ2) is 4.59. The third kappa shape index (κ3) is 3.00. The highest BCUT2D eigenvalue weighted by Gasteiger charge is 2.45. The SMILES string of the molecule is NCCC1(CS(=O)(=O)c2cccc(Cl)c2)CC1. The summed E-state index contributed by atoms with van der Waals surface area (Å²) in [5.41, 5.74) is 5.45. The van der Waals surface area contributed by atoms with E-state index in [0.29, 0.717) is 16.5 Å². The molecule has 17 heavy (non-hydrogen) atoms. The van der Waals surface area contributed by atoms with Gasteiger partial charge in [-0.2, -0.15) is 0 Å². The van der Waals surface area contributed by atoms with Gasteiger partial charge in [-0.25, -0.2) is 8.42 Å². The third-order valence-electron chi connectivity index (χ3n) is 3.28. The van der Waals surface area contributed by atoms with E-state index in [1.807, 2.05) is 0 Å². The number of hydrogen-bond donors (Lipinski definition) is 1. The lowest BCUT2D eigenvalue weighted by molar-refractivity contribution is 0.510. The van der Waals surface area contributed by atoms with E-state index in [1.54, 1.807) is 18.2 Å². The van der Waals surface area contributed by atoms with Crippen LogP contribution in [0.4, 0.5) is 0 Å². The Kier molecular flexibility index (Phi) is 3.48. The van der Waals surface area contributed by atoms with Crippen LogP contribution < -0.4 is 5.73 Å². The molecule has 0 aromatic heterocycles. The van der Waals surface area contributed by atoms with E-state index < -0.39 is 9.84 Å². The molecule has 5 heteroatoms. The molecule has 0 atom stereocenters. The lowest BCUT2D eigenvalue weighted by Crippen LogP contribution is -2.20. The zero-order valence-corrected chi connectivity index (χ0v) is 11.1. The van der Waals surface area contributed by atoms with Crippen molar-refractivity contribution in [1.82, 2.24) is 0 Å². The highest BCUT2D eigenvalue weighted by molar-refractivity contribution is 7.91. The van der Waals surface area contributed by atoms with Gasteiger partial charge < -0.3 is 5.73 Å². The number of benzene rings is 1. The van der Waals surface area contributed by atoms with Crippen molar-refractivity contribution in [3.8, 4) is 0 Å². The molecule has 0 saturated heterocycles. The average Bonchev–Trinajstić information content (AvgIpc) is 2.97. The minimum Gasteiger partial charge on any atom is -0.330 e. The monoisotopic (exact) mass is 273 g/mol. The summed E-state index contributed by atoms with van der Waals surface area (Å²) < 4.78 is 24.4. The summed E-state index contributed by atoms with van der Waals surface area (Å²) in [5, 5.41) is 0.453. The highest BCUT2D eigenvalue weighted by atomic mass is 35.5. The summed E-state index contributed by atoms with van der Waals surface area (Å²) in [5.74, 6) is 0.192. The van der Waals surface area contributed by atoms with Crippen LogP contribution in [0.15, 0.2) is 29.2 Å². The molecule has 94 valence electrons. The Morgan fingerprint density at radius 3 is 2.59 bits per heavy atom. The molecule has 0 unspecified atom stereocenters. The first-order valence-corrected chi connectivity index (χ1v) is 7.69. The fraction of sp³-hybridized carbons (Fsp3) is 0.500. The molecule has 0 aliphatic heterocycles. The van der Waals surface area contributed by atoms with Gasteiger partial charge in [0, 0.05) is 5.02 Å². The molecule has 3 nitrogen and oxygen atoms in total. The molecule has 1 saturated carbocycles. The quantitative estimate of drug-likeness (QED) is 0.895. The van der Waals surface area contributed by atoms with Crippen LogP contribution in [-0.4, -0.2) is 20.7 Å². The molecule has 0 amide bonds. The maximum Gasteiger partial charge on any atom is 0.178 e. The van der Waals surface area contributed by atoms with E-state index in [9.17, 15) is 8.42 Å². The predicted molar refractivity (Wildman–Crippen MR) is 68.8 cm³/mol. The van der Waals surface area contributed by atoms with Crippen molar-refractivity contribution in [1.29, 1.82) is 0 Å². The number of rotatable bonds is 5. The molecule has 1 aromatic carbocycles. The molecule has 0 spiro atoms. The van der Waals surface area contributed by atoms with Gasteiger partial charge in [0.2, 0.25) is 0 Å². The van der Waals surface area contributed by atoms with Crippen molar-refractivity contribution in [3.05, 3.63) is 29.3 Å². The largest absolute Gasteiger partial charge is 0.330 e. The fourth-order valence-electron chi connectivity index (χ4n) is 2.10. The van der Waals surface area contributed by atoms with Crippen LogP contribution in [0.1, 0.15) is 19.3 Å². The summed E-state index contributed by atoms with van der Waals surface area (Å²) in [6.07, 6.45) is 2.71.